The molecule has 0 N–H and O–H groups in total. The van der Waals surface area contributed by atoms with Gasteiger partial charge in [-0.3, -0.25) is 4.79 Å². The van der Waals surface area contributed by atoms with Gasteiger partial charge in [-0.15, -0.1) is 11.3 Å². The Hall–Kier alpha value is -1.00. The van der Waals surface area contributed by atoms with Crippen molar-refractivity contribution in [1.82, 2.24) is 0 Å². The molecule has 1 aromatic heterocycles. The lowest BCUT2D eigenvalue weighted by Crippen LogP contribution is -2.00. The number of aryl methyl sites for hydroxylation is 2. The molecule has 0 fully saturated rings. The predicted molar refractivity (Wildman–Crippen MR) is 71.3 cm³/mol. The molecule has 0 bridgehead atoms. The molecular weight excluding hydrogens is 303 g/mol. The van der Waals surface area contributed by atoms with Crippen LogP contribution < -0.4 is 0 Å². The van der Waals surface area contributed by atoms with Crippen LogP contribution in [0.25, 0.3) is 0 Å². The van der Waals surface area contributed by atoms with Gasteiger partial charge in [0.05, 0.1) is 4.88 Å². The monoisotopic (exact) mass is 312 g/mol. The van der Waals surface area contributed by atoms with Crippen LogP contribution in [0.1, 0.15) is 25.7 Å². The van der Waals surface area contributed by atoms with Gasteiger partial charge in [0.2, 0.25) is 5.78 Å². The minimum absolute atomic E-state index is 0.145. The zero-order valence-electron chi connectivity index (χ0n) is 9.38. The van der Waals surface area contributed by atoms with E-state index in [9.17, 15) is 9.18 Å². The Morgan fingerprint density at radius 3 is 2.53 bits per heavy atom. The van der Waals surface area contributed by atoms with Gasteiger partial charge in [0.25, 0.3) is 0 Å². The summed E-state index contributed by atoms with van der Waals surface area (Å²) in [5.41, 5.74) is 0.929. The third-order valence-corrected chi connectivity index (χ3v) is 4.39. The smallest absolute Gasteiger partial charge is 0.204 e. The van der Waals surface area contributed by atoms with Crippen LogP contribution in [-0.4, -0.2) is 5.78 Å². The van der Waals surface area contributed by atoms with Crippen LogP contribution >= 0.6 is 27.3 Å². The van der Waals surface area contributed by atoms with Crippen LogP contribution in [0, 0.1) is 19.7 Å². The molecule has 0 radical (unpaired) electrons. The van der Waals surface area contributed by atoms with Crippen molar-refractivity contribution in [2.24, 2.45) is 0 Å². The molecule has 4 heteroatoms. The summed E-state index contributed by atoms with van der Waals surface area (Å²) >= 11 is 4.75. The zero-order valence-corrected chi connectivity index (χ0v) is 11.8. The number of hydrogen-bond donors (Lipinski definition) is 0. The van der Waals surface area contributed by atoms with E-state index in [-0.39, 0.29) is 11.6 Å². The number of benzene rings is 1. The molecule has 0 aliphatic heterocycles. The molecule has 17 heavy (non-hydrogen) atoms. The summed E-state index contributed by atoms with van der Waals surface area (Å²) in [7, 11) is 0. The van der Waals surface area contributed by atoms with Gasteiger partial charge in [0, 0.05) is 14.9 Å². The van der Waals surface area contributed by atoms with Crippen LogP contribution in [0.5, 0.6) is 0 Å². The number of carbonyl (C=O) groups excluding carboxylic acids is 1. The van der Waals surface area contributed by atoms with Gasteiger partial charge in [0.1, 0.15) is 5.82 Å². The van der Waals surface area contributed by atoms with Crippen molar-refractivity contribution >= 4 is 33.0 Å². The first-order valence-corrected chi connectivity index (χ1v) is 6.67. The third-order valence-electron chi connectivity index (χ3n) is 2.45. The Balaban J connectivity index is 2.44. The van der Waals surface area contributed by atoms with Crippen LogP contribution in [0.2, 0.25) is 0 Å². The molecule has 0 atom stereocenters. The molecular formula is C13H10BrFOS. The predicted octanol–water partition coefficient (Wildman–Crippen LogP) is 4.50. The van der Waals surface area contributed by atoms with Crippen LogP contribution in [0.3, 0.4) is 0 Å². The van der Waals surface area contributed by atoms with Crippen LogP contribution in [0.15, 0.2) is 28.7 Å². The highest BCUT2D eigenvalue weighted by atomic mass is 79.9. The first kappa shape index (κ1) is 12.5. The molecule has 88 valence electrons. The number of halogens is 2. The number of carbonyl (C=O) groups is 1. The van der Waals surface area contributed by atoms with E-state index in [1.54, 1.807) is 19.1 Å². The van der Waals surface area contributed by atoms with Gasteiger partial charge in [-0.2, -0.15) is 0 Å². The fourth-order valence-electron chi connectivity index (χ4n) is 1.50. The quantitative estimate of drug-likeness (QED) is 0.746. The zero-order chi connectivity index (χ0) is 12.6. The number of rotatable bonds is 2. The van der Waals surface area contributed by atoms with Crippen molar-refractivity contribution in [2.75, 3.05) is 0 Å². The molecule has 1 heterocycles. The lowest BCUT2D eigenvalue weighted by molar-refractivity contribution is 0.104. The third kappa shape index (κ3) is 2.48. The summed E-state index contributed by atoms with van der Waals surface area (Å²) in [6, 6.07) is 6.46. The highest BCUT2D eigenvalue weighted by Gasteiger charge is 2.16. The maximum Gasteiger partial charge on any atom is 0.204 e. The second-order valence-electron chi connectivity index (χ2n) is 3.83. The standard InChI is InChI=1S/C13H10BrFOS/c1-7-3-4-9(6-11(7)15)12(16)13-10(14)5-8(2)17-13/h3-6H,1-2H3. The molecule has 0 saturated carbocycles. The van der Waals surface area contributed by atoms with Crippen molar-refractivity contribution in [3.8, 4) is 0 Å². The summed E-state index contributed by atoms with van der Waals surface area (Å²) in [4.78, 5) is 13.8. The summed E-state index contributed by atoms with van der Waals surface area (Å²) < 4.78 is 14.2. The molecule has 1 aromatic carbocycles. The Bertz CT molecular complexity index is 589. The summed E-state index contributed by atoms with van der Waals surface area (Å²) in [6.45, 7) is 3.61. The van der Waals surface area contributed by atoms with Crippen molar-refractivity contribution in [2.45, 2.75) is 13.8 Å². The van der Waals surface area contributed by atoms with Gasteiger partial charge in [-0.05, 0) is 47.5 Å². The van der Waals surface area contributed by atoms with E-state index in [1.165, 1.54) is 17.4 Å². The Morgan fingerprint density at radius 1 is 1.29 bits per heavy atom. The largest absolute Gasteiger partial charge is 0.288 e. The minimum atomic E-state index is -0.347. The van der Waals surface area contributed by atoms with Gasteiger partial charge in [0.15, 0.2) is 0 Å². The maximum absolute atomic E-state index is 13.4. The molecule has 0 aliphatic rings. The lowest BCUT2D eigenvalue weighted by atomic mass is 10.1. The van der Waals surface area contributed by atoms with Gasteiger partial charge in [-0.1, -0.05) is 12.1 Å². The van der Waals surface area contributed by atoms with Crippen molar-refractivity contribution < 1.29 is 9.18 Å². The molecule has 0 spiro atoms. The van der Waals surface area contributed by atoms with Gasteiger partial charge >= 0.3 is 0 Å². The normalized spacial score (nSPS) is 10.6. The SMILES string of the molecule is Cc1cc(Br)c(C(=O)c2ccc(C)c(F)c2)s1. The van der Waals surface area contributed by atoms with Crippen molar-refractivity contribution in [3.05, 3.63) is 55.4 Å². The molecule has 2 aromatic rings. The lowest BCUT2D eigenvalue weighted by Gasteiger charge is -2.01. The molecule has 1 nitrogen and oxygen atoms in total. The number of hydrogen-bond acceptors (Lipinski definition) is 2. The Kier molecular flexibility index (Phi) is 3.45. The maximum atomic E-state index is 13.4. The molecule has 0 unspecified atom stereocenters. The highest BCUT2D eigenvalue weighted by Crippen LogP contribution is 2.29. The fraction of sp³-hybridized carbons (Fsp3) is 0.154. The number of thiophene rings is 1. The summed E-state index contributed by atoms with van der Waals surface area (Å²) in [6.07, 6.45) is 0. The number of ketones is 1. The van der Waals surface area contributed by atoms with Crippen LogP contribution in [0.4, 0.5) is 4.39 Å². The summed E-state index contributed by atoms with van der Waals surface area (Å²) in [5, 5.41) is 0. The van der Waals surface area contributed by atoms with E-state index in [1.807, 2.05) is 13.0 Å². The van der Waals surface area contributed by atoms with E-state index in [2.05, 4.69) is 15.9 Å². The second kappa shape index (κ2) is 4.70. The molecule has 0 saturated heterocycles. The fourth-order valence-corrected chi connectivity index (χ4v) is 3.29. The van der Waals surface area contributed by atoms with E-state index >= 15 is 0 Å². The van der Waals surface area contributed by atoms with Gasteiger partial charge in [-0.25, -0.2) is 4.39 Å². The van der Waals surface area contributed by atoms with E-state index in [0.717, 1.165) is 9.35 Å². The Morgan fingerprint density at radius 2 is 2.00 bits per heavy atom. The topological polar surface area (TPSA) is 17.1 Å². The molecule has 0 aliphatic carbocycles. The first-order valence-electron chi connectivity index (χ1n) is 5.06. The van der Waals surface area contributed by atoms with E-state index in [4.69, 9.17) is 0 Å². The van der Waals surface area contributed by atoms with E-state index < -0.39 is 0 Å². The van der Waals surface area contributed by atoms with Gasteiger partial charge < -0.3 is 0 Å². The average Bonchev–Trinajstić information content (AvgIpc) is 2.61. The van der Waals surface area contributed by atoms with Crippen LogP contribution in [-0.2, 0) is 0 Å². The highest BCUT2D eigenvalue weighted by molar-refractivity contribution is 9.10. The van der Waals surface area contributed by atoms with E-state index in [0.29, 0.717) is 16.0 Å². The summed E-state index contributed by atoms with van der Waals surface area (Å²) in [5.74, 6) is -0.492. The van der Waals surface area contributed by atoms with Crippen molar-refractivity contribution in [1.29, 1.82) is 0 Å². The first-order chi connectivity index (χ1) is 7.99. The Labute approximate surface area is 111 Å². The second-order valence-corrected chi connectivity index (χ2v) is 5.94. The molecule has 2 rings (SSSR count). The van der Waals surface area contributed by atoms with Crippen molar-refractivity contribution in [3.63, 3.8) is 0 Å². The average molecular weight is 313 g/mol. The molecule has 0 amide bonds. The minimum Gasteiger partial charge on any atom is -0.288 e.